The van der Waals surface area contributed by atoms with Crippen LogP contribution in [-0.2, 0) is 14.4 Å². The van der Waals surface area contributed by atoms with E-state index in [0.717, 1.165) is 0 Å². The van der Waals surface area contributed by atoms with Crippen LogP contribution in [0.3, 0.4) is 0 Å². The van der Waals surface area contributed by atoms with Gasteiger partial charge in [0.15, 0.2) is 18.3 Å². The summed E-state index contributed by atoms with van der Waals surface area (Å²) in [6.45, 7) is -2.64. The molecule has 0 fully saturated rings. The average Bonchev–Trinajstić information content (AvgIpc) is 2.58. The quantitative estimate of drug-likeness (QED) is 0.141. The minimum atomic E-state index is -2.19. The van der Waals surface area contributed by atoms with Crippen molar-refractivity contribution in [2.24, 2.45) is 10.8 Å². The molecule has 158 valence electrons. The Kier molecular flexibility index (Phi) is 9.78. The third-order valence-corrected chi connectivity index (χ3v) is 4.93. The molecule has 0 aromatic carbocycles. The van der Waals surface area contributed by atoms with Crippen LogP contribution in [0.25, 0.3) is 0 Å². The number of aliphatic hydroxyl groups excluding tert-OH is 6. The average molecular weight is 398 g/mol. The molecule has 0 radical (unpaired) electrons. The third-order valence-electron chi connectivity index (χ3n) is 4.93. The molecular weight excluding hydrogens is 372 g/mol. The number of rotatable bonds is 14. The van der Waals surface area contributed by atoms with Gasteiger partial charge < -0.3 is 46.0 Å². The lowest BCUT2D eigenvalue weighted by molar-refractivity contribution is -0.170. The zero-order chi connectivity index (χ0) is 21.4. The maximum atomic E-state index is 11.1. The summed E-state index contributed by atoms with van der Waals surface area (Å²) in [7, 11) is 0. The van der Waals surface area contributed by atoms with E-state index >= 15 is 0 Å². The van der Waals surface area contributed by atoms with Gasteiger partial charge in [-0.2, -0.15) is 0 Å². The molecule has 12 heteroatoms. The largest absolute Gasteiger partial charge is 0.479 e. The van der Waals surface area contributed by atoms with Crippen molar-refractivity contribution in [3.8, 4) is 0 Å². The number of hydrogen-bond donors (Lipinski definition) is 9. The molecule has 0 aliphatic rings. The van der Waals surface area contributed by atoms with E-state index in [9.17, 15) is 45.0 Å². The molecule has 0 spiro atoms. The summed E-state index contributed by atoms with van der Waals surface area (Å²) in [6.07, 6.45) is -9.74. The summed E-state index contributed by atoms with van der Waals surface area (Å²) in [5, 5.41) is 85.4. The molecule has 0 aromatic rings. The zero-order valence-corrected chi connectivity index (χ0v) is 14.4. The number of carboxylic acid groups (broad SMARTS) is 3. The number of aliphatic carboxylic acids is 3. The number of aliphatic hydroxyl groups is 6. The van der Waals surface area contributed by atoms with Gasteiger partial charge in [0.2, 0.25) is 0 Å². The van der Waals surface area contributed by atoms with Crippen molar-refractivity contribution in [2.75, 3.05) is 19.8 Å². The summed E-state index contributed by atoms with van der Waals surface area (Å²) in [4.78, 5) is 33.3. The van der Waals surface area contributed by atoms with Crippen molar-refractivity contribution in [3.05, 3.63) is 0 Å². The molecule has 3 unspecified atom stereocenters. The van der Waals surface area contributed by atoms with Gasteiger partial charge in [-0.25, -0.2) is 14.4 Å². The molecule has 0 saturated carbocycles. The van der Waals surface area contributed by atoms with Gasteiger partial charge in [0.25, 0.3) is 0 Å². The van der Waals surface area contributed by atoms with Crippen molar-refractivity contribution in [2.45, 2.75) is 44.0 Å². The Balaban J connectivity index is 6.51. The summed E-state index contributed by atoms with van der Waals surface area (Å²) in [6, 6.07) is 0. The van der Waals surface area contributed by atoms with Gasteiger partial charge in [0.05, 0.1) is 13.2 Å². The molecule has 12 nitrogen and oxygen atoms in total. The summed E-state index contributed by atoms with van der Waals surface area (Å²) < 4.78 is 0. The Morgan fingerprint density at radius 1 is 0.630 bits per heavy atom. The lowest BCUT2D eigenvalue weighted by Crippen LogP contribution is -2.54. The van der Waals surface area contributed by atoms with Crippen LogP contribution in [-0.4, -0.2) is 102 Å². The van der Waals surface area contributed by atoms with E-state index in [2.05, 4.69) is 0 Å². The standard InChI is InChI=1S/C15H26O12/c16-2-1-14(6-17,7-18)15(3-8(19)11(22)23,4-9(20)12(24)25)5-10(21)13(26)27/h8-10,16-21H,1-7H2,(H,22,23)(H,24,25)(H,26,27). The SMILES string of the molecule is O=C(O)C(O)CC(CC(O)C(=O)O)(CC(O)C(=O)O)C(CO)(CO)CCO. The lowest BCUT2D eigenvalue weighted by Gasteiger charge is -2.51. The van der Waals surface area contributed by atoms with E-state index < -0.39 is 92.6 Å². The fourth-order valence-electron chi connectivity index (χ4n) is 3.29. The van der Waals surface area contributed by atoms with Crippen molar-refractivity contribution < 1.29 is 60.3 Å². The molecule has 0 saturated heterocycles. The van der Waals surface area contributed by atoms with Crippen LogP contribution in [0, 0.1) is 10.8 Å². The van der Waals surface area contributed by atoms with Crippen LogP contribution in [0.5, 0.6) is 0 Å². The lowest BCUT2D eigenvalue weighted by atomic mass is 9.55. The van der Waals surface area contributed by atoms with Gasteiger partial charge >= 0.3 is 17.9 Å². The summed E-state index contributed by atoms with van der Waals surface area (Å²) in [5.74, 6) is -5.28. The first-order valence-electron chi connectivity index (χ1n) is 7.97. The van der Waals surface area contributed by atoms with Gasteiger partial charge in [0, 0.05) is 12.0 Å². The van der Waals surface area contributed by atoms with Gasteiger partial charge in [-0.3, -0.25) is 0 Å². The Morgan fingerprint density at radius 3 is 1.11 bits per heavy atom. The van der Waals surface area contributed by atoms with E-state index in [4.69, 9.17) is 15.3 Å². The second-order valence-corrected chi connectivity index (χ2v) is 6.52. The number of carboxylic acids is 3. The minimum absolute atomic E-state index is 0.453. The Hall–Kier alpha value is -1.83. The molecule has 0 heterocycles. The van der Waals surface area contributed by atoms with Crippen molar-refractivity contribution in [3.63, 3.8) is 0 Å². The van der Waals surface area contributed by atoms with Crippen molar-refractivity contribution in [1.82, 2.24) is 0 Å². The Bertz CT molecular complexity index is 460. The second kappa shape index (κ2) is 10.5. The van der Waals surface area contributed by atoms with Crippen molar-refractivity contribution >= 4 is 17.9 Å². The number of hydrogen-bond acceptors (Lipinski definition) is 9. The zero-order valence-electron chi connectivity index (χ0n) is 14.4. The Labute approximate surface area is 153 Å². The fraction of sp³-hybridized carbons (Fsp3) is 0.800. The first kappa shape index (κ1) is 25.2. The number of carbonyl (C=O) groups is 3. The predicted molar refractivity (Wildman–Crippen MR) is 85.5 cm³/mol. The molecule has 9 N–H and O–H groups in total. The summed E-state index contributed by atoms with van der Waals surface area (Å²) >= 11 is 0. The van der Waals surface area contributed by atoms with Crippen LogP contribution in [0.15, 0.2) is 0 Å². The molecule has 0 aromatic heterocycles. The molecule has 0 amide bonds. The van der Waals surface area contributed by atoms with Crippen LogP contribution in [0.4, 0.5) is 0 Å². The van der Waals surface area contributed by atoms with Gasteiger partial charge in [-0.1, -0.05) is 0 Å². The summed E-state index contributed by atoms with van der Waals surface area (Å²) in [5.41, 5.74) is -3.99. The maximum absolute atomic E-state index is 11.1. The highest BCUT2D eigenvalue weighted by Gasteiger charge is 2.54. The van der Waals surface area contributed by atoms with Gasteiger partial charge in [0.1, 0.15) is 0 Å². The first-order valence-corrected chi connectivity index (χ1v) is 7.97. The molecule has 0 aliphatic carbocycles. The fourth-order valence-corrected chi connectivity index (χ4v) is 3.29. The van der Waals surface area contributed by atoms with E-state index in [1.54, 1.807) is 0 Å². The van der Waals surface area contributed by atoms with E-state index in [1.165, 1.54) is 0 Å². The van der Waals surface area contributed by atoms with Gasteiger partial charge in [-0.15, -0.1) is 0 Å². The normalized spacial score (nSPS) is 17.6. The highest BCUT2D eigenvalue weighted by Crippen LogP contribution is 2.52. The van der Waals surface area contributed by atoms with E-state index in [0.29, 0.717) is 0 Å². The topological polar surface area (TPSA) is 233 Å². The highest BCUT2D eigenvalue weighted by atomic mass is 16.4. The van der Waals surface area contributed by atoms with E-state index in [1.807, 2.05) is 0 Å². The van der Waals surface area contributed by atoms with Crippen LogP contribution in [0.2, 0.25) is 0 Å². The highest BCUT2D eigenvalue weighted by molar-refractivity contribution is 5.74. The first-order chi connectivity index (χ1) is 12.4. The molecule has 3 atom stereocenters. The molecule has 27 heavy (non-hydrogen) atoms. The molecule has 0 bridgehead atoms. The minimum Gasteiger partial charge on any atom is -0.479 e. The molecule has 0 rings (SSSR count). The second-order valence-electron chi connectivity index (χ2n) is 6.52. The van der Waals surface area contributed by atoms with Crippen molar-refractivity contribution in [1.29, 1.82) is 0 Å². The van der Waals surface area contributed by atoms with Crippen LogP contribution < -0.4 is 0 Å². The maximum Gasteiger partial charge on any atom is 0.332 e. The molecular formula is C15H26O12. The predicted octanol–water partition coefficient (Wildman–Crippen LogP) is -3.17. The Morgan fingerprint density at radius 2 is 0.926 bits per heavy atom. The molecule has 0 aliphatic heterocycles. The van der Waals surface area contributed by atoms with E-state index in [-0.39, 0.29) is 0 Å². The van der Waals surface area contributed by atoms with Crippen LogP contribution >= 0.6 is 0 Å². The third kappa shape index (κ3) is 6.09. The smallest absolute Gasteiger partial charge is 0.332 e. The van der Waals surface area contributed by atoms with Crippen LogP contribution in [0.1, 0.15) is 25.7 Å². The monoisotopic (exact) mass is 398 g/mol. The van der Waals surface area contributed by atoms with Gasteiger partial charge in [-0.05, 0) is 31.1 Å².